The van der Waals surface area contributed by atoms with Gasteiger partial charge in [0.15, 0.2) is 0 Å². The molecule has 90 valence electrons. The van der Waals surface area contributed by atoms with Gasteiger partial charge >= 0.3 is 0 Å². The number of rotatable bonds is 2. The fourth-order valence-corrected chi connectivity index (χ4v) is 1.89. The predicted octanol–water partition coefficient (Wildman–Crippen LogP) is 1.59. The highest BCUT2D eigenvalue weighted by Crippen LogP contribution is 2.06. The topological polar surface area (TPSA) is 52.2 Å². The lowest BCUT2D eigenvalue weighted by molar-refractivity contribution is 0.740. The zero-order valence-corrected chi connectivity index (χ0v) is 10.1. The Balaban J connectivity index is 2.02. The van der Waals surface area contributed by atoms with Crippen LogP contribution in [0.5, 0.6) is 0 Å². The van der Waals surface area contributed by atoms with Gasteiger partial charge in [-0.25, -0.2) is 9.50 Å². The largest absolute Gasteiger partial charge is 0.308 e. The van der Waals surface area contributed by atoms with Gasteiger partial charge in [-0.2, -0.15) is 5.10 Å². The lowest BCUT2D eigenvalue weighted by Crippen LogP contribution is -2.21. The van der Waals surface area contributed by atoms with Gasteiger partial charge in [0, 0.05) is 18.6 Å². The minimum atomic E-state index is -0.0787. The first-order chi connectivity index (χ1) is 8.74. The summed E-state index contributed by atoms with van der Waals surface area (Å²) in [4.78, 5) is 16.1. The van der Waals surface area contributed by atoms with Crippen molar-refractivity contribution in [2.24, 2.45) is 0 Å². The van der Waals surface area contributed by atoms with Crippen LogP contribution in [0.15, 0.2) is 47.8 Å². The normalized spacial score (nSPS) is 10.9. The second-order valence-corrected chi connectivity index (χ2v) is 4.27. The van der Waals surface area contributed by atoms with Crippen molar-refractivity contribution in [1.82, 2.24) is 19.2 Å². The van der Waals surface area contributed by atoms with Gasteiger partial charge in [-0.1, -0.05) is 17.7 Å². The SMILES string of the molecule is O=c1c2ccnn2ccn1Cc1ccc(Cl)nc1. The molecule has 5 nitrogen and oxygen atoms in total. The van der Waals surface area contributed by atoms with E-state index in [0.29, 0.717) is 17.2 Å². The van der Waals surface area contributed by atoms with Crippen LogP contribution in [0.3, 0.4) is 0 Å². The van der Waals surface area contributed by atoms with Crippen LogP contribution in [-0.4, -0.2) is 19.2 Å². The highest BCUT2D eigenvalue weighted by molar-refractivity contribution is 6.29. The molecule has 0 saturated heterocycles. The molecule has 0 bridgehead atoms. The van der Waals surface area contributed by atoms with Crippen molar-refractivity contribution >= 4 is 17.1 Å². The highest BCUT2D eigenvalue weighted by atomic mass is 35.5. The maximum atomic E-state index is 12.1. The lowest BCUT2D eigenvalue weighted by Gasteiger charge is -2.05. The molecule has 6 heteroatoms. The zero-order valence-electron chi connectivity index (χ0n) is 9.32. The van der Waals surface area contributed by atoms with Crippen molar-refractivity contribution in [3.05, 3.63) is 64.1 Å². The van der Waals surface area contributed by atoms with Crippen LogP contribution >= 0.6 is 11.6 Å². The summed E-state index contributed by atoms with van der Waals surface area (Å²) in [6, 6.07) is 5.25. The van der Waals surface area contributed by atoms with Gasteiger partial charge in [0.2, 0.25) is 0 Å². The Bertz CT molecular complexity index is 745. The van der Waals surface area contributed by atoms with Crippen LogP contribution in [0.4, 0.5) is 0 Å². The summed E-state index contributed by atoms with van der Waals surface area (Å²) in [5, 5.41) is 4.45. The van der Waals surface area contributed by atoms with Gasteiger partial charge in [-0.05, 0) is 17.7 Å². The molecule has 0 aromatic carbocycles. The molecule has 0 N–H and O–H groups in total. The van der Waals surface area contributed by atoms with Crippen molar-refractivity contribution in [3.8, 4) is 0 Å². The van der Waals surface area contributed by atoms with E-state index in [0.717, 1.165) is 5.56 Å². The summed E-state index contributed by atoms with van der Waals surface area (Å²) >= 11 is 5.72. The van der Waals surface area contributed by atoms with E-state index in [9.17, 15) is 4.79 Å². The number of pyridine rings is 1. The minimum absolute atomic E-state index is 0.0787. The van der Waals surface area contributed by atoms with E-state index in [1.165, 1.54) is 0 Å². The zero-order chi connectivity index (χ0) is 12.5. The molecular weight excluding hydrogens is 252 g/mol. The Morgan fingerprint density at radius 1 is 1.22 bits per heavy atom. The molecule has 18 heavy (non-hydrogen) atoms. The standard InChI is InChI=1S/C12H9ClN4O/c13-11-2-1-9(7-14-11)8-16-5-6-17-10(12(16)18)3-4-15-17/h1-7H,8H2. The van der Waals surface area contributed by atoms with E-state index >= 15 is 0 Å². The first-order valence-corrected chi connectivity index (χ1v) is 5.75. The van der Waals surface area contributed by atoms with Gasteiger partial charge in [-0.3, -0.25) is 4.79 Å². The van der Waals surface area contributed by atoms with Crippen LogP contribution < -0.4 is 5.56 Å². The summed E-state index contributed by atoms with van der Waals surface area (Å²) < 4.78 is 3.17. The van der Waals surface area contributed by atoms with Crippen LogP contribution in [-0.2, 0) is 6.54 Å². The number of aromatic nitrogens is 4. The summed E-state index contributed by atoms with van der Waals surface area (Å²) in [6.45, 7) is 0.463. The number of halogens is 1. The third kappa shape index (κ3) is 1.89. The van der Waals surface area contributed by atoms with E-state index in [2.05, 4.69) is 10.1 Å². The molecule has 0 saturated carbocycles. The number of hydrogen-bond donors (Lipinski definition) is 0. The fraction of sp³-hybridized carbons (Fsp3) is 0.0833. The van der Waals surface area contributed by atoms with Crippen molar-refractivity contribution in [3.63, 3.8) is 0 Å². The summed E-state index contributed by atoms with van der Waals surface area (Å²) in [6.07, 6.45) is 6.72. The molecule has 0 amide bonds. The molecule has 0 spiro atoms. The van der Waals surface area contributed by atoms with Crippen LogP contribution in [0.2, 0.25) is 5.15 Å². The third-order valence-electron chi connectivity index (χ3n) is 2.68. The van der Waals surface area contributed by atoms with Gasteiger partial charge in [-0.15, -0.1) is 0 Å². The maximum absolute atomic E-state index is 12.1. The van der Waals surface area contributed by atoms with Gasteiger partial charge < -0.3 is 4.57 Å². The second kappa shape index (κ2) is 4.27. The van der Waals surface area contributed by atoms with Crippen LogP contribution in [0.25, 0.3) is 5.52 Å². The molecule has 0 radical (unpaired) electrons. The molecule has 3 rings (SSSR count). The first-order valence-electron chi connectivity index (χ1n) is 5.37. The molecule has 3 heterocycles. The molecule has 0 aliphatic heterocycles. The average molecular weight is 261 g/mol. The monoisotopic (exact) mass is 260 g/mol. The predicted molar refractivity (Wildman–Crippen MR) is 67.8 cm³/mol. The van der Waals surface area contributed by atoms with E-state index in [4.69, 9.17) is 11.6 Å². The summed E-state index contributed by atoms with van der Waals surface area (Å²) in [7, 11) is 0. The number of fused-ring (bicyclic) bond motifs is 1. The van der Waals surface area contributed by atoms with Crippen molar-refractivity contribution in [2.45, 2.75) is 6.54 Å². The van der Waals surface area contributed by atoms with E-state index < -0.39 is 0 Å². The Hall–Kier alpha value is -2.14. The maximum Gasteiger partial charge on any atom is 0.276 e. The Labute approximate surface area is 107 Å². The van der Waals surface area contributed by atoms with Crippen molar-refractivity contribution in [2.75, 3.05) is 0 Å². The summed E-state index contributed by atoms with van der Waals surface area (Å²) in [5.41, 5.74) is 1.40. The molecule has 0 unspecified atom stereocenters. The fourth-order valence-electron chi connectivity index (χ4n) is 1.78. The minimum Gasteiger partial charge on any atom is -0.308 e. The molecule has 0 fully saturated rings. The average Bonchev–Trinajstić information content (AvgIpc) is 2.84. The Morgan fingerprint density at radius 2 is 2.11 bits per heavy atom. The number of hydrogen-bond acceptors (Lipinski definition) is 3. The summed E-state index contributed by atoms with van der Waals surface area (Å²) in [5.74, 6) is 0. The van der Waals surface area contributed by atoms with Gasteiger partial charge in [0.1, 0.15) is 10.7 Å². The van der Waals surface area contributed by atoms with Gasteiger partial charge in [0.05, 0.1) is 12.7 Å². The number of nitrogens with zero attached hydrogens (tertiary/aromatic N) is 4. The van der Waals surface area contributed by atoms with E-state index in [1.807, 2.05) is 6.07 Å². The van der Waals surface area contributed by atoms with Crippen LogP contribution in [0.1, 0.15) is 5.56 Å². The Kier molecular flexibility index (Phi) is 2.60. The van der Waals surface area contributed by atoms with Gasteiger partial charge in [0.25, 0.3) is 5.56 Å². The molecule has 0 aliphatic rings. The molecule has 3 aromatic rings. The van der Waals surface area contributed by atoms with Crippen molar-refractivity contribution < 1.29 is 0 Å². The quantitative estimate of drug-likeness (QED) is 0.658. The highest BCUT2D eigenvalue weighted by Gasteiger charge is 2.04. The molecule has 0 atom stereocenters. The van der Waals surface area contributed by atoms with E-state index in [-0.39, 0.29) is 5.56 Å². The van der Waals surface area contributed by atoms with Crippen LogP contribution in [0, 0.1) is 0 Å². The smallest absolute Gasteiger partial charge is 0.276 e. The second-order valence-electron chi connectivity index (χ2n) is 3.88. The Morgan fingerprint density at radius 3 is 2.89 bits per heavy atom. The first kappa shape index (κ1) is 11.0. The third-order valence-corrected chi connectivity index (χ3v) is 2.90. The molecule has 0 aliphatic carbocycles. The van der Waals surface area contributed by atoms with Crippen molar-refractivity contribution in [1.29, 1.82) is 0 Å². The molecule has 3 aromatic heterocycles. The molecular formula is C12H9ClN4O. The lowest BCUT2D eigenvalue weighted by atomic mass is 10.3. The van der Waals surface area contributed by atoms with E-state index in [1.54, 1.807) is 46.0 Å².